The summed E-state index contributed by atoms with van der Waals surface area (Å²) in [4.78, 5) is 24.6. The van der Waals surface area contributed by atoms with Gasteiger partial charge in [0, 0.05) is 12.3 Å². The Labute approximate surface area is 190 Å². The van der Waals surface area contributed by atoms with Crippen molar-refractivity contribution in [3.63, 3.8) is 0 Å². The molecule has 3 aromatic rings. The van der Waals surface area contributed by atoms with Crippen LogP contribution in [0, 0.1) is 0 Å². The molecule has 6 heteroatoms. The van der Waals surface area contributed by atoms with Gasteiger partial charge in [0.1, 0.15) is 12.6 Å². The monoisotopic (exact) mass is 514 g/mol. The molecule has 0 radical (unpaired) electrons. The Bertz CT molecular complexity index is 1060. The molecule has 1 amide bonds. The van der Waals surface area contributed by atoms with Gasteiger partial charge in [-0.15, -0.1) is 0 Å². The number of benzene rings is 3. The van der Waals surface area contributed by atoms with E-state index in [0.29, 0.717) is 0 Å². The van der Waals surface area contributed by atoms with E-state index in [-0.39, 0.29) is 6.42 Å². The number of nitrogens with zero attached hydrogens (tertiary/aromatic N) is 1. The van der Waals surface area contributed by atoms with Crippen LogP contribution in [0.3, 0.4) is 0 Å². The van der Waals surface area contributed by atoms with Gasteiger partial charge in [-0.3, -0.25) is 0 Å². The predicted octanol–water partition coefficient (Wildman–Crippen LogP) is 5.28. The summed E-state index contributed by atoms with van der Waals surface area (Å²) in [6.45, 7) is -1.21. The van der Waals surface area contributed by atoms with Crippen molar-refractivity contribution in [1.29, 1.82) is 0 Å². The first-order valence-corrected chi connectivity index (χ1v) is 10.5. The van der Waals surface area contributed by atoms with E-state index >= 15 is 0 Å². The van der Waals surface area contributed by atoms with Crippen LogP contribution in [0.1, 0.15) is 24.0 Å². The van der Waals surface area contributed by atoms with Crippen molar-refractivity contribution in [1.82, 2.24) is 3.11 Å². The Morgan fingerprint density at radius 3 is 2.07 bits per heavy atom. The Balaban J connectivity index is 1.53. The quantitative estimate of drug-likeness (QED) is 0.359. The van der Waals surface area contributed by atoms with Crippen LogP contribution in [0.4, 0.5) is 4.79 Å². The second-order valence-electron chi connectivity index (χ2n) is 7.03. The highest BCUT2D eigenvalue weighted by Crippen LogP contribution is 2.44. The number of aliphatic carboxylic acids is 1. The Morgan fingerprint density at radius 2 is 1.50 bits per heavy atom. The Kier molecular flexibility index (Phi) is 5.65. The maximum atomic E-state index is 12.8. The van der Waals surface area contributed by atoms with Crippen molar-refractivity contribution in [3.05, 3.63) is 95.6 Å². The first kappa shape index (κ1) is 19.1. The summed E-state index contributed by atoms with van der Waals surface area (Å²) in [5, 5.41) is 9.66. The molecule has 0 heterocycles. The van der Waals surface area contributed by atoms with Crippen LogP contribution in [0.15, 0.2) is 78.9 Å². The summed E-state index contributed by atoms with van der Waals surface area (Å²) < 4.78 is 15.1. The smallest absolute Gasteiger partial charge is 0.419 e. The molecule has 1 aliphatic rings. The molecule has 4 rings (SSSR count). The maximum absolute atomic E-state index is 12.8. The summed E-state index contributed by atoms with van der Waals surface area (Å²) in [6, 6.07) is 23.5. The van der Waals surface area contributed by atoms with E-state index in [1.807, 2.05) is 78.9 Å². The summed E-state index contributed by atoms with van der Waals surface area (Å²) >= 11 is 1.66. The van der Waals surface area contributed by atoms with Crippen LogP contribution in [-0.2, 0) is 16.0 Å². The third-order valence-electron chi connectivity index (χ3n) is 5.19. The number of ether oxygens (including phenoxy) is 1. The minimum absolute atomic E-state index is 0.145. The van der Waals surface area contributed by atoms with Crippen LogP contribution >= 0.6 is 22.9 Å². The van der Waals surface area contributed by atoms with Gasteiger partial charge in [-0.25, -0.2) is 12.7 Å². The molecular formula is C24H20INO4. The number of carbonyl (C=O) groups is 2. The normalized spacial score (nSPS) is 14.8. The molecule has 152 valence electrons. The highest BCUT2D eigenvalue weighted by Gasteiger charge is 2.32. The fraction of sp³-hybridized carbons (Fsp3) is 0.167. The number of halogens is 1. The van der Waals surface area contributed by atoms with Crippen molar-refractivity contribution < 1.29 is 20.8 Å². The number of rotatable bonds is 6. The third kappa shape index (κ3) is 4.05. The highest BCUT2D eigenvalue weighted by molar-refractivity contribution is 14.1. The van der Waals surface area contributed by atoms with Gasteiger partial charge in [0.25, 0.3) is 0 Å². The lowest BCUT2D eigenvalue weighted by Gasteiger charge is -2.23. The van der Waals surface area contributed by atoms with Crippen LogP contribution in [0.2, 0.25) is 0 Å². The number of carboxylic acids is 1. The van der Waals surface area contributed by atoms with Gasteiger partial charge in [-0.1, -0.05) is 78.9 Å². The van der Waals surface area contributed by atoms with Gasteiger partial charge in [0.05, 0.1) is 24.2 Å². The van der Waals surface area contributed by atoms with Gasteiger partial charge in [0.2, 0.25) is 0 Å². The standard InChI is InChI=1S/C24H20INO4/c25-26(22(23(27)28)14-16-8-2-1-3-9-16)24(29)30-15-21-19-12-6-4-10-17(19)18-11-5-7-13-20(18)21/h1-13,21-22H,14-15H2,(H,27,28)/t22-/m0/s1/i15D/t15?,22-. The molecular weight excluding hydrogens is 493 g/mol. The number of carbonyl (C=O) groups excluding carboxylic acids is 1. The van der Waals surface area contributed by atoms with Gasteiger partial charge in [-0.05, 0) is 27.8 Å². The summed E-state index contributed by atoms with van der Waals surface area (Å²) in [7, 11) is 0. The average Bonchev–Trinajstić information content (AvgIpc) is 3.12. The van der Waals surface area contributed by atoms with Crippen molar-refractivity contribution in [2.45, 2.75) is 18.4 Å². The van der Waals surface area contributed by atoms with Crippen molar-refractivity contribution in [2.24, 2.45) is 0 Å². The second kappa shape index (κ2) is 8.87. The summed E-state index contributed by atoms with van der Waals surface area (Å²) in [5.74, 6) is -1.56. The van der Waals surface area contributed by atoms with Crippen molar-refractivity contribution >= 4 is 34.9 Å². The molecule has 2 atom stereocenters. The highest BCUT2D eigenvalue weighted by atomic mass is 127. The molecule has 1 aliphatic carbocycles. The second-order valence-corrected chi connectivity index (χ2v) is 8.07. The minimum atomic E-state index is -1.21. The molecule has 1 unspecified atom stereocenters. The van der Waals surface area contributed by atoms with Gasteiger partial charge in [0.15, 0.2) is 0 Å². The zero-order chi connectivity index (χ0) is 22.0. The molecule has 30 heavy (non-hydrogen) atoms. The van der Waals surface area contributed by atoms with Crippen LogP contribution in [-0.4, -0.2) is 32.9 Å². The first-order chi connectivity index (χ1) is 15.0. The average molecular weight is 514 g/mol. The van der Waals surface area contributed by atoms with E-state index in [1.54, 1.807) is 22.9 Å². The van der Waals surface area contributed by atoms with Crippen LogP contribution in [0.5, 0.6) is 0 Å². The van der Waals surface area contributed by atoms with Gasteiger partial charge >= 0.3 is 12.1 Å². The van der Waals surface area contributed by atoms with Crippen LogP contribution < -0.4 is 0 Å². The molecule has 0 saturated carbocycles. The molecule has 0 aromatic heterocycles. The number of amides is 1. The molecule has 0 aliphatic heterocycles. The maximum Gasteiger partial charge on any atom is 0.419 e. The van der Waals surface area contributed by atoms with Crippen LogP contribution in [0.25, 0.3) is 11.1 Å². The zero-order valence-electron chi connectivity index (χ0n) is 16.9. The molecule has 0 saturated heterocycles. The van der Waals surface area contributed by atoms with E-state index in [9.17, 15) is 14.7 Å². The third-order valence-corrected chi connectivity index (χ3v) is 6.26. The van der Waals surface area contributed by atoms with E-state index in [2.05, 4.69) is 0 Å². The SMILES string of the molecule is [2H]C(OC(=O)N(I)[C@@H](Cc1ccccc1)C(=O)O)C1c2ccccc2-c2ccccc21. The molecule has 0 fully saturated rings. The number of hydrogen-bond acceptors (Lipinski definition) is 3. The van der Waals surface area contributed by atoms with Crippen molar-refractivity contribution in [3.8, 4) is 11.1 Å². The molecule has 0 bridgehead atoms. The van der Waals surface area contributed by atoms with E-state index in [4.69, 9.17) is 6.11 Å². The van der Waals surface area contributed by atoms with Gasteiger partial charge in [-0.2, -0.15) is 0 Å². The molecule has 3 aromatic carbocycles. The first-order valence-electron chi connectivity index (χ1n) is 10.1. The molecule has 5 nitrogen and oxygen atoms in total. The number of carboxylic acid groups (broad SMARTS) is 1. The molecule has 0 spiro atoms. The van der Waals surface area contributed by atoms with Gasteiger partial charge < -0.3 is 9.84 Å². The number of fused-ring (bicyclic) bond motifs is 3. The topological polar surface area (TPSA) is 66.8 Å². The van der Waals surface area contributed by atoms with E-state index in [0.717, 1.165) is 30.9 Å². The Hall–Kier alpha value is -2.87. The predicted molar refractivity (Wildman–Crippen MR) is 122 cm³/mol. The summed E-state index contributed by atoms with van der Waals surface area (Å²) in [5.41, 5.74) is 4.70. The molecule has 1 N–H and O–H groups in total. The summed E-state index contributed by atoms with van der Waals surface area (Å²) in [6.07, 6.45) is -0.697. The number of hydrogen-bond donors (Lipinski definition) is 1. The zero-order valence-corrected chi connectivity index (χ0v) is 18.1. The van der Waals surface area contributed by atoms with E-state index in [1.165, 1.54) is 0 Å². The lowest BCUT2D eigenvalue weighted by atomic mass is 9.98. The lowest BCUT2D eigenvalue weighted by Crippen LogP contribution is -2.40. The Morgan fingerprint density at radius 1 is 0.967 bits per heavy atom. The van der Waals surface area contributed by atoms with Crippen molar-refractivity contribution in [2.75, 3.05) is 6.58 Å². The largest absolute Gasteiger partial charge is 0.480 e. The van der Waals surface area contributed by atoms with E-state index < -0.39 is 30.6 Å². The fourth-order valence-electron chi connectivity index (χ4n) is 3.75. The minimum Gasteiger partial charge on any atom is -0.480 e. The lowest BCUT2D eigenvalue weighted by molar-refractivity contribution is -0.140. The fourth-order valence-corrected chi connectivity index (χ4v) is 4.30.